The molecular formula is C61H79F2N12O9P. The minimum absolute atomic E-state index is 0. The van der Waals surface area contributed by atoms with E-state index in [1.165, 1.54) is 24.8 Å². The van der Waals surface area contributed by atoms with Gasteiger partial charge in [-0.1, -0.05) is 95.8 Å². The van der Waals surface area contributed by atoms with Gasteiger partial charge in [0.15, 0.2) is 11.6 Å². The van der Waals surface area contributed by atoms with E-state index in [-0.39, 0.29) is 55.3 Å². The van der Waals surface area contributed by atoms with Crippen LogP contribution in [0.5, 0.6) is 0 Å². The lowest BCUT2D eigenvalue weighted by Gasteiger charge is -2.28. The number of aromatic nitrogens is 8. The molecule has 0 bridgehead atoms. The van der Waals surface area contributed by atoms with Crippen LogP contribution in [0, 0.1) is 11.6 Å². The molecule has 21 nitrogen and oxygen atoms in total. The van der Waals surface area contributed by atoms with Crippen LogP contribution in [0.4, 0.5) is 30.3 Å². The Morgan fingerprint density at radius 1 is 0.659 bits per heavy atom. The number of phosphoric ester groups is 1. The molecule has 2 aliphatic rings. The molecule has 4 amide bonds. The van der Waals surface area contributed by atoms with Crippen molar-refractivity contribution in [3.05, 3.63) is 143 Å². The van der Waals surface area contributed by atoms with Crippen molar-refractivity contribution < 1.29 is 51.1 Å². The number of nitrogens with one attached hydrogen (secondary N) is 6. The van der Waals surface area contributed by atoms with Crippen LogP contribution in [-0.2, 0) is 52.0 Å². The van der Waals surface area contributed by atoms with Crippen molar-refractivity contribution in [2.45, 2.75) is 139 Å². The van der Waals surface area contributed by atoms with Crippen LogP contribution in [0.15, 0.2) is 97.6 Å². The SMILES string of the molecule is C.CC.CC.CCNC(=O)Nc1nc2c([C@H]3CCCO3)c(F)c(-c3cnc(C(C)(C)O)nc3)cc2[nH]1.CCNC(=O)Nc1nc2c([C@H]3CCCO3)c(F)c(-c3cnc(C(C)(C)OP(=O)(OCc4ccccc4)OCc4ccccc4)nc3)cc2[nH]1. The van der Waals surface area contributed by atoms with Crippen LogP contribution in [0.3, 0.4) is 0 Å². The Labute approximate surface area is 494 Å². The zero-order valence-corrected chi connectivity index (χ0v) is 50.0. The molecule has 2 atom stereocenters. The van der Waals surface area contributed by atoms with Crippen molar-refractivity contribution in [2.24, 2.45) is 0 Å². The number of anilines is 2. The smallest absolute Gasteiger partial charge is 0.382 e. The topological polar surface area (TPSA) is 275 Å². The number of amides is 4. The Bertz CT molecular complexity index is 3440. The molecule has 8 aromatic rings. The van der Waals surface area contributed by atoms with Crippen LogP contribution >= 0.6 is 7.82 Å². The summed E-state index contributed by atoms with van der Waals surface area (Å²) in [6.45, 7) is 20.0. The van der Waals surface area contributed by atoms with Crippen LogP contribution in [0.1, 0.15) is 148 Å². The van der Waals surface area contributed by atoms with Gasteiger partial charge >= 0.3 is 19.9 Å². The molecule has 0 saturated carbocycles. The molecule has 0 radical (unpaired) electrons. The fraction of sp³-hybridized carbons (Fsp3) is 0.410. The number of phosphoric acid groups is 1. The number of nitrogens with zero attached hydrogens (tertiary/aromatic N) is 6. The van der Waals surface area contributed by atoms with Crippen molar-refractivity contribution in [1.29, 1.82) is 0 Å². The first-order valence-electron chi connectivity index (χ1n) is 28.2. The molecule has 4 aromatic heterocycles. The number of carbonyl (C=O) groups excluding carboxylic acids is 2. The number of carbonyl (C=O) groups is 2. The van der Waals surface area contributed by atoms with Gasteiger partial charge in [0.05, 0.1) is 47.5 Å². The number of aliphatic hydroxyl groups is 1. The number of urea groups is 2. The molecule has 2 aliphatic heterocycles. The zero-order valence-electron chi connectivity index (χ0n) is 49.1. The van der Waals surface area contributed by atoms with E-state index in [0.29, 0.717) is 83.5 Å². The molecule has 0 aliphatic carbocycles. The minimum Gasteiger partial charge on any atom is -0.382 e. The summed E-state index contributed by atoms with van der Waals surface area (Å²) in [4.78, 5) is 56.4. The third-order valence-corrected chi connectivity index (χ3v) is 14.5. The average Bonchev–Trinajstić information content (AvgIpc) is 3.30. The van der Waals surface area contributed by atoms with Gasteiger partial charge in [-0.25, -0.2) is 52.8 Å². The quantitative estimate of drug-likeness (QED) is 0.0394. The fourth-order valence-corrected chi connectivity index (χ4v) is 10.5. The van der Waals surface area contributed by atoms with Gasteiger partial charge < -0.3 is 35.2 Å². The van der Waals surface area contributed by atoms with Crippen molar-refractivity contribution >= 4 is 53.8 Å². The maximum atomic E-state index is 16.4. The standard InChI is InChI=1S/C35H38FN6O6P.C21H25FN6O3.2C2H6.CH4/c1-4-37-34(43)42-33-40-27-18-26(30(36)29(31(27)41-33)28-16-11-17-45-28)25-19-38-32(39-20-25)35(2,3)48-49(44,46-21-23-12-7-5-8-13-23)47-22-24-14-9-6-10-15-24;1-4-23-20(29)28-19-26-13-8-12(11-9-24-18(25-10-11)21(2,3)30)16(22)15(17(13)27-19)14-6-5-7-31-14;2*1-2;/h5-10,12-15,18-20,28H,4,11,16-17,21-22H2,1-3H3,(H3,37,40,41,42,43);8-10,14,30H,4-7H2,1-3H3,(H3,23,26,27,28,29);2*1-2H3;1H4/t28-;14-;;;/m11.../s1. The van der Waals surface area contributed by atoms with Gasteiger partial charge in [0.25, 0.3) is 0 Å². The van der Waals surface area contributed by atoms with Gasteiger partial charge in [0, 0.05) is 84.5 Å². The van der Waals surface area contributed by atoms with Crippen molar-refractivity contribution in [1.82, 2.24) is 50.5 Å². The monoisotopic (exact) mass is 1190 g/mol. The molecular weight excluding hydrogens is 1110 g/mol. The highest BCUT2D eigenvalue weighted by molar-refractivity contribution is 7.48. The number of hydrogen-bond donors (Lipinski definition) is 7. The van der Waals surface area contributed by atoms with Crippen molar-refractivity contribution in [3.8, 4) is 22.3 Å². The van der Waals surface area contributed by atoms with E-state index in [0.717, 1.165) is 24.0 Å². The highest BCUT2D eigenvalue weighted by Crippen LogP contribution is 2.56. The summed E-state index contributed by atoms with van der Waals surface area (Å²) >= 11 is 0. The van der Waals surface area contributed by atoms with Gasteiger partial charge in [0.2, 0.25) is 11.9 Å². The second-order valence-electron chi connectivity index (χ2n) is 20.0. The van der Waals surface area contributed by atoms with E-state index in [2.05, 4.69) is 61.1 Å². The first-order valence-corrected chi connectivity index (χ1v) is 29.7. The molecule has 2 fully saturated rings. The molecule has 4 aromatic carbocycles. The molecule has 6 heterocycles. The van der Waals surface area contributed by atoms with Gasteiger partial charge in [-0.15, -0.1) is 0 Å². The number of halogens is 2. The van der Waals surface area contributed by atoms with Crippen LogP contribution in [-0.4, -0.2) is 83.3 Å². The number of hydrogen-bond acceptors (Lipinski definition) is 15. The van der Waals surface area contributed by atoms with Crippen LogP contribution in [0.2, 0.25) is 0 Å². The second-order valence-corrected chi connectivity index (χ2v) is 21.5. The molecule has 0 spiro atoms. The summed E-state index contributed by atoms with van der Waals surface area (Å²) in [5, 5.41) is 20.6. The number of ether oxygens (including phenoxy) is 2. The minimum atomic E-state index is -4.17. The number of fused-ring (bicyclic) bond motifs is 2. The first-order chi connectivity index (χ1) is 40.4. The number of imidazole rings is 2. The van der Waals surface area contributed by atoms with Gasteiger partial charge in [-0.2, -0.15) is 0 Å². The predicted octanol–water partition coefficient (Wildman–Crippen LogP) is 14.0. The molecule has 85 heavy (non-hydrogen) atoms. The fourth-order valence-electron chi connectivity index (χ4n) is 9.09. The Kier molecular flexibility index (Phi) is 23.8. The van der Waals surface area contributed by atoms with Gasteiger partial charge in [-0.05, 0) is 90.5 Å². The predicted molar refractivity (Wildman–Crippen MR) is 324 cm³/mol. The molecule has 2 saturated heterocycles. The van der Waals surface area contributed by atoms with E-state index in [4.69, 9.17) is 23.0 Å². The summed E-state index contributed by atoms with van der Waals surface area (Å²) in [6.07, 6.45) is 7.89. The van der Waals surface area contributed by atoms with Gasteiger partial charge in [-0.3, -0.25) is 24.2 Å². The van der Waals surface area contributed by atoms with Crippen LogP contribution in [0.25, 0.3) is 44.3 Å². The highest BCUT2D eigenvalue weighted by Gasteiger charge is 2.39. The maximum absolute atomic E-state index is 16.4. The first kappa shape index (κ1) is 66.5. The summed E-state index contributed by atoms with van der Waals surface area (Å²) < 4.78 is 75.4. The summed E-state index contributed by atoms with van der Waals surface area (Å²) in [6, 6.07) is 20.9. The maximum Gasteiger partial charge on any atom is 0.476 e. The second kappa shape index (κ2) is 30.4. The van der Waals surface area contributed by atoms with Crippen molar-refractivity contribution in [2.75, 3.05) is 36.9 Å². The Balaban J connectivity index is 0.000000277. The summed E-state index contributed by atoms with van der Waals surface area (Å²) in [5.74, 6) is -0.169. The molecule has 456 valence electrons. The largest absolute Gasteiger partial charge is 0.476 e. The third-order valence-electron chi connectivity index (χ3n) is 13.0. The Morgan fingerprint density at radius 3 is 1.40 bits per heavy atom. The van der Waals surface area contributed by atoms with E-state index in [1.807, 2.05) is 88.4 Å². The van der Waals surface area contributed by atoms with Crippen molar-refractivity contribution in [3.63, 3.8) is 0 Å². The van der Waals surface area contributed by atoms with E-state index in [1.54, 1.807) is 53.7 Å². The van der Waals surface area contributed by atoms with E-state index >= 15 is 8.78 Å². The lowest BCUT2D eigenvalue weighted by atomic mass is 9.98. The Hall–Kier alpha value is -7.63. The van der Waals surface area contributed by atoms with Gasteiger partial charge in [0.1, 0.15) is 22.8 Å². The average molecular weight is 1190 g/mol. The summed E-state index contributed by atoms with van der Waals surface area (Å²) in [5.41, 5.74) is 2.88. The number of rotatable bonds is 18. The third kappa shape index (κ3) is 16.8. The number of aromatic amines is 2. The van der Waals surface area contributed by atoms with E-state index < -0.39 is 54.9 Å². The molecule has 0 unspecified atom stereocenters. The number of benzene rings is 4. The van der Waals surface area contributed by atoms with E-state index in [9.17, 15) is 19.3 Å². The lowest BCUT2D eigenvalue weighted by Crippen LogP contribution is -2.28. The number of H-pyrrole nitrogens is 2. The zero-order chi connectivity index (χ0) is 60.6. The summed E-state index contributed by atoms with van der Waals surface area (Å²) in [7, 11) is -4.17. The molecule has 7 N–H and O–H groups in total. The lowest BCUT2D eigenvalue weighted by molar-refractivity contribution is 0.0188. The Morgan fingerprint density at radius 2 is 1.05 bits per heavy atom. The van der Waals surface area contributed by atoms with Crippen LogP contribution < -0.4 is 21.3 Å². The molecule has 10 rings (SSSR count). The highest BCUT2D eigenvalue weighted by atomic mass is 31.2. The molecule has 24 heteroatoms. The normalized spacial score (nSPS) is 14.9.